The summed E-state index contributed by atoms with van der Waals surface area (Å²) in [7, 11) is -0.876. The van der Waals surface area contributed by atoms with Crippen molar-refractivity contribution in [1.29, 1.82) is 0 Å². The number of amides is 1. The maximum Gasteiger partial charge on any atom is 0.247 e. The summed E-state index contributed by atoms with van der Waals surface area (Å²) in [6, 6.07) is 9.29. The Balaban J connectivity index is 2.43. The fourth-order valence-electron chi connectivity index (χ4n) is 2.82. The number of hydrogen-bond acceptors (Lipinski definition) is 5. The van der Waals surface area contributed by atoms with E-state index in [2.05, 4.69) is 5.32 Å². The number of nitrogens with one attached hydrogen (secondary N) is 1. The van der Waals surface area contributed by atoms with Gasteiger partial charge in [-0.15, -0.1) is 0 Å². The van der Waals surface area contributed by atoms with Gasteiger partial charge in [0, 0.05) is 11.8 Å². The standard InChI is InChI=1S/C20H26N2O5S/c1-13-7-8-16(11-14(13)2)21-20(23)15(3)22(28(6,24)25)18-12-17(26-4)9-10-19(18)27-5/h7-12,15H,1-6H3,(H,21,23)/t15-/m1/s1. The third kappa shape index (κ3) is 4.75. The fraction of sp³-hybridized carbons (Fsp3) is 0.350. The van der Waals surface area contributed by atoms with Crippen LogP contribution in [0.2, 0.25) is 0 Å². The third-order valence-electron chi connectivity index (χ3n) is 4.49. The van der Waals surface area contributed by atoms with Crippen LogP contribution in [0.5, 0.6) is 11.5 Å². The first-order valence-electron chi connectivity index (χ1n) is 8.68. The smallest absolute Gasteiger partial charge is 0.247 e. The Bertz CT molecular complexity index is 973. The molecule has 0 aliphatic carbocycles. The number of hydrogen-bond donors (Lipinski definition) is 1. The summed E-state index contributed by atoms with van der Waals surface area (Å²) in [6.45, 7) is 5.44. The summed E-state index contributed by atoms with van der Waals surface area (Å²) in [5.74, 6) is 0.307. The summed E-state index contributed by atoms with van der Waals surface area (Å²) in [6.07, 6.45) is 1.05. The van der Waals surface area contributed by atoms with E-state index in [1.54, 1.807) is 18.2 Å². The first-order valence-corrected chi connectivity index (χ1v) is 10.5. The van der Waals surface area contributed by atoms with Crippen molar-refractivity contribution in [3.8, 4) is 11.5 Å². The van der Waals surface area contributed by atoms with Crippen molar-refractivity contribution in [2.45, 2.75) is 26.8 Å². The van der Waals surface area contributed by atoms with Crippen LogP contribution in [0.4, 0.5) is 11.4 Å². The highest BCUT2D eigenvalue weighted by atomic mass is 32.2. The number of ether oxygens (including phenoxy) is 2. The van der Waals surface area contributed by atoms with Gasteiger partial charge in [0.15, 0.2) is 0 Å². The lowest BCUT2D eigenvalue weighted by molar-refractivity contribution is -0.116. The summed E-state index contributed by atoms with van der Waals surface area (Å²) >= 11 is 0. The maximum absolute atomic E-state index is 12.8. The quantitative estimate of drug-likeness (QED) is 0.764. The van der Waals surface area contributed by atoms with Crippen LogP contribution in [0.15, 0.2) is 36.4 Å². The molecule has 152 valence electrons. The minimum Gasteiger partial charge on any atom is -0.497 e. The summed E-state index contributed by atoms with van der Waals surface area (Å²) in [5, 5.41) is 2.78. The SMILES string of the molecule is COc1ccc(OC)c(N([C@H](C)C(=O)Nc2ccc(C)c(C)c2)S(C)(=O)=O)c1. The minimum atomic E-state index is -3.79. The average Bonchev–Trinajstić information content (AvgIpc) is 2.63. The van der Waals surface area contributed by atoms with Crippen LogP contribution in [0.3, 0.4) is 0 Å². The zero-order valence-electron chi connectivity index (χ0n) is 16.9. The number of benzene rings is 2. The Labute approximate surface area is 166 Å². The monoisotopic (exact) mass is 406 g/mol. The average molecular weight is 407 g/mol. The molecule has 0 spiro atoms. The molecule has 7 nitrogen and oxygen atoms in total. The van der Waals surface area contributed by atoms with Gasteiger partial charge in [-0.05, 0) is 56.2 Å². The number of sulfonamides is 1. The first-order chi connectivity index (χ1) is 13.1. The molecule has 8 heteroatoms. The molecule has 2 aromatic carbocycles. The number of rotatable bonds is 7. The van der Waals surface area contributed by atoms with E-state index in [4.69, 9.17) is 9.47 Å². The normalized spacial score (nSPS) is 12.2. The van der Waals surface area contributed by atoms with Gasteiger partial charge in [0.25, 0.3) is 0 Å². The van der Waals surface area contributed by atoms with E-state index in [1.165, 1.54) is 27.2 Å². The molecule has 0 aliphatic rings. The second-order valence-corrected chi connectivity index (χ2v) is 8.42. The van der Waals surface area contributed by atoms with Crippen molar-refractivity contribution in [1.82, 2.24) is 0 Å². The van der Waals surface area contributed by atoms with Crippen molar-refractivity contribution in [2.75, 3.05) is 30.1 Å². The Kier molecular flexibility index (Phi) is 6.56. The highest BCUT2D eigenvalue weighted by Gasteiger charge is 2.31. The predicted octanol–water partition coefficient (Wildman–Crippen LogP) is 3.11. The fourth-order valence-corrected chi connectivity index (χ4v) is 3.99. The van der Waals surface area contributed by atoms with Gasteiger partial charge in [-0.2, -0.15) is 0 Å². The van der Waals surface area contributed by atoms with E-state index in [-0.39, 0.29) is 5.69 Å². The van der Waals surface area contributed by atoms with Crippen molar-refractivity contribution in [3.63, 3.8) is 0 Å². The van der Waals surface area contributed by atoms with Crippen LogP contribution in [-0.4, -0.2) is 40.8 Å². The molecule has 0 bridgehead atoms. The highest BCUT2D eigenvalue weighted by Crippen LogP contribution is 2.35. The van der Waals surface area contributed by atoms with Crippen molar-refractivity contribution in [3.05, 3.63) is 47.5 Å². The maximum atomic E-state index is 12.8. The summed E-state index contributed by atoms with van der Waals surface area (Å²) in [4.78, 5) is 12.8. The molecule has 0 aliphatic heterocycles. The van der Waals surface area contributed by atoms with Gasteiger partial charge in [-0.3, -0.25) is 9.10 Å². The first kappa shape index (κ1) is 21.6. The van der Waals surface area contributed by atoms with Crippen LogP contribution in [-0.2, 0) is 14.8 Å². The largest absolute Gasteiger partial charge is 0.497 e. The van der Waals surface area contributed by atoms with E-state index in [0.29, 0.717) is 17.2 Å². The van der Waals surface area contributed by atoms with Crippen molar-refractivity contribution < 1.29 is 22.7 Å². The second-order valence-electron chi connectivity index (χ2n) is 6.56. The molecular weight excluding hydrogens is 380 g/mol. The molecule has 1 atom stereocenters. The molecule has 0 aromatic heterocycles. The lowest BCUT2D eigenvalue weighted by Crippen LogP contribution is -2.45. The van der Waals surface area contributed by atoms with Gasteiger partial charge in [-0.1, -0.05) is 6.07 Å². The molecule has 0 saturated carbocycles. The zero-order chi connectivity index (χ0) is 21.1. The predicted molar refractivity (Wildman–Crippen MR) is 111 cm³/mol. The Morgan fingerprint density at radius 3 is 2.25 bits per heavy atom. The highest BCUT2D eigenvalue weighted by molar-refractivity contribution is 7.92. The van der Waals surface area contributed by atoms with Crippen LogP contribution < -0.4 is 19.1 Å². The number of aryl methyl sites for hydroxylation is 2. The summed E-state index contributed by atoms with van der Waals surface area (Å²) in [5.41, 5.74) is 2.96. The van der Waals surface area contributed by atoms with E-state index in [9.17, 15) is 13.2 Å². The van der Waals surface area contributed by atoms with Gasteiger partial charge in [0.05, 0.1) is 26.2 Å². The molecule has 0 unspecified atom stereocenters. The number of carbonyl (C=O) groups is 1. The van der Waals surface area contributed by atoms with Gasteiger partial charge >= 0.3 is 0 Å². The molecule has 2 rings (SSSR count). The summed E-state index contributed by atoms with van der Waals surface area (Å²) < 4.78 is 36.6. The molecule has 0 fully saturated rings. The molecule has 0 radical (unpaired) electrons. The van der Waals surface area contributed by atoms with E-state index < -0.39 is 22.0 Å². The van der Waals surface area contributed by atoms with Gasteiger partial charge in [0.1, 0.15) is 17.5 Å². The molecule has 1 N–H and O–H groups in total. The van der Waals surface area contributed by atoms with Crippen LogP contribution in [0.25, 0.3) is 0 Å². The Hall–Kier alpha value is -2.74. The van der Waals surface area contributed by atoms with Crippen LogP contribution in [0, 0.1) is 13.8 Å². The third-order valence-corrected chi connectivity index (χ3v) is 5.71. The molecule has 1 amide bonds. The lowest BCUT2D eigenvalue weighted by Gasteiger charge is -2.29. The van der Waals surface area contributed by atoms with Gasteiger partial charge < -0.3 is 14.8 Å². The van der Waals surface area contributed by atoms with Crippen molar-refractivity contribution >= 4 is 27.3 Å². The second kappa shape index (κ2) is 8.52. The van der Waals surface area contributed by atoms with Crippen molar-refractivity contribution in [2.24, 2.45) is 0 Å². The van der Waals surface area contributed by atoms with Gasteiger partial charge in [-0.25, -0.2) is 8.42 Å². The Morgan fingerprint density at radius 1 is 1.04 bits per heavy atom. The number of methoxy groups -OCH3 is 2. The zero-order valence-corrected chi connectivity index (χ0v) is 17.8. The molecule has 0 saturated heterocycles. The van der Waals surface area contributed by atoms with Crippen LogP contribution in [0.1, 0.15) is 18.1 Å². The molecule has 2 aromatic rings. The topological polar surface area (TPSA) is 84.9 Å². The van der Waals surface area contributed by atoms with E-state index in [1.807, 2.05) is 26.0 Å². The van der Waals surface area contributed by atoms with Gasteiger partial charge in [0.2, 0.25) is 15.9 Å². The minimum absolute atomic E-state index is 0.229. The van der Waals surface area contributed by atoms with Crippen LogP contribution >= 0.6 is 0 Å². The van der Waals surface area contributed by atoms with E-state index >= 15 is 0 Å². The molecule has 0 heterocycles. The molecular formula is C20H26N2O5S. The number of nitrogens with zero attached hydrogens (tertiary/aromatic N) is 1. The number of anilines is 2. The molecule has 28 heavy (non-hydrogen) atoms. The van der Waals surface area contributed by atoms with E-state index in [0.717, 1.165) is 21.7 Å². The lowest BCUT2D eigenvalue weighted by atomic mass is 10.1. The number of carbonyl (C=O) groups excluding carboxylic acids is 1. The Morgan fingerprint density at radius 2 is 1.71 bits per heavy atom.